The highest BCUT2D eigenvalue weighted by Crippen LogP contribution is 2.26. The van der Waals surface area contributed by atoms with Crippen molar-refractivity contribution in [1.29, 1.82) is 0 Å². The lowest BCUT2D eigenvalue weighted by molar-refractivity contribution is -0.116. The van der Waals surface area contributed by atoms with Gasteiger partial charge in [-0.2, -0.15) is 0 Å². The summed E-state index contributed by atoms with van der Waals surface area (Å²) in [6, 6.07) is 5.01. The lowest BCUT2D eigenvalue weighted by Crippen LogP contribution is -2.39. The summed E-state index contributed by atoms with van der Waals surface area (Å²) < 4.78 is 45.8. The number of carbonyl (C=O) groups is 2. The average molecular weight is 478 g/mol. The van der Waals surface area contributed by atoms with Gasteiger partial charge in [-0.05, 0) is 43.9 Å². The van der Waals surface area contributed by atoms with Gasteiger partial charge in [-0.3, -0.25) is 9.59 Å². The van der Waals surface area contributed by atoms with Crippen molar-refractivity contribution in [3.63, 3.8) is 0 Å². The Labute approximate surface area is 192 Å². The zero-order valence-corrected chi connectivity index (χ0v) is 18.9. The second-order valence-electron chi connectivity index (χ2n) is 6.99. The molecule has 11 heteroatoms. The molecule has 0 saturated carbocycles. The Kier molecular flexibility index (Phi) is 7.75. The summed E-state index contributed by atoms with van der Waals surface area (Å²) >= 11 is 1.24. The van der Waals surface area contributed by atoms with E-state index in [2.05, 4.69) is 15.3 Å². The van der Waals surface area contributed by atoms with Gasteiger partial charge in [0.25, 0.3) is 5.91 Å². The summed E-state index contributed by atoms with van der Waals surface area (Å²) in [5, 5.41) is 2.59. The minimum absolute atomic E-state index is 0.222. The first-order chi connectivity index (χ1) is 15.8. The van der Waals surface area contributed by atoms with E-state index in [9.17, 15) is 22.8 Å². The number of hydrogen-bond acceptors (Lipinski definition) is 6. The van der Waals surface area contributed by atoms with Crippen LogP contribution >= 0.6 is 11.8 Å². The number of amides is 2. The minimum atomic E-state index is -1.69. The fourth-order valence-corrected chi connectivity index (χ4v) is 3.74. The van der Waals surface area contributed by atoms with Crippen LogP contribution in [0.4, 0.5) is 18.9 Å². The highest BCUT2D eigenvalue weighted by atomic mass is 32.2. The molecule has 0 fully saturated rings. The van der Waals surface area contributed by atoms with Crippen molar-refractivity contribution in [1.82, 2.24) is 14.9 Å². The highest BCUT2D eigenvalue weighted by molar-refractivity contribution is 7.98. The number of furan rings is 1. The first kappa shape index (κ1) is 24.3. The molecule has 3 aromatic rings. The molecule has 0 saturated heterocycles. The summed E-state index contributed by atoms with van der Waals surface area (Å²) in [7, 11) is 0. The maximum absolute atomic E-state index is 13.9. The third-order valence-corrected chi connectivity index (χ3v) is 5.31. The van der Waals surface area contributed by atoms with Crippen LogP contribution < -0.4 is 5.32 Å². The van der Waals surface area contributed by atoms with E-state index < -0.39 is 41.5 Å². The zero-order valence-electron chi connectivity index (χ0n) is 18.1. The smallest absolute Gasteiger partial charge is 0.258 e. The monoisotopic (exact) mass is 478 g/mol. The normalized spacial score (nSPS) is 10.8. The van der Waals surface area contributed by atoms with Crippen LogP contribution in [0.2, 0.25) is 0 Å². The Hall–Kier alpha value is -3.34. The van der Waals surface area contributed by atoms with Gasteiger partial charge in [0.05, 0.1) is 23.2 Å². The molecule has 7 nitrogen and oxygen atoms in total. The van der Waals surface area contributed by atoms with Crippen molar-refractivity contribution >= 4 is 29.3 Å². The summed E-state index contributed by atoms with van der Waals surface area (Å²) in [5.41, 5.74) is 0.117. The van der Waals surface area contributed by atoms with Crippen molar-refractivity contribution in [2.24, 2.45) is 0 Å². The fourth-order valence-electron chi connectivity index (χ4n) is 3.12. The van der Waals surface area contributed by atoms with Crippen LogP contribution in [0.1, 0.15) is 29.4 Å². The molecule has 2 heterocycles. The first-order valence-electron chi connectivity index (χ1n) is 9.95. The van der Waals surface area contributed by atoms with Gasteiger partial charge in [-0.25, -0.2) is 23.1 Å². The molecule has 0 aliphatic heterocycles. The molecule has 0 aliphatic rings. The quantitative estimate of drug-likeness (QED) is 0.288. The maximum Gasteiger partial charge on any atom is 0.258 e. The van der Waals surface area contributed by atoms with Gasteiger partial charge in [0.2, 0.25) is 5.91 Å². The summed E-state index contributed by atoms with van der Waals surface area (Å²) in [4.78, 5) is 35.9. The Morgan fingerprint density at radius 2 is 1.91 bits per heavy atom. The summed E-state index contributed by atoms with van der Waals surface area (Å²) in [6.45, 7) is 3.27. The molecule has 0 radical (unpaired) electrons. The number of halogens is 3. The van der Waals surface area contributed by atoms with Crippen molar-refractivity contribution in [2.75, 3.05) is 24.7 Å². The van der Waals surface area contributed by atoms with E-state index in [0.717, 1.165) is 6.07 Å². The van der Waals surface area contributed by atoms with Gasteiger partial charge in [0, 0.05) is 6.54 Å². The van der Waals surface area contributed by atoms with E-state index in [-0.39, 0.29) is 12.1 Å². The summed E-state index contributed by atoms with van der Waals surface area (Å²) in [6.07, 6.45) is 3.79. The van der Waals surface area contributed by atoms with Gasteiger partial charge < -0.3 is 14.6 Å². The second-order valence-corrected chi connectivity index (χ2v) is 7.79. The Morgan fingerprint density at radius 3 is 2.55 bits per heavy atom. The standard InChI is InChI=1S/C22H21F3N4O3S/c1-4-9-29(11-16(30)27-14-8-7-13(23)18(24)19(14)25)22(31)17-12(2)26-20(28-21(17)33-3)15-6-5-10-32-15/h5-8,10H,4,9,11H2,1-3H3,(H,27,30). The number of nitrogens with one attached hydrogen (secondary N) is 1. The lowest BCUT2D eigenvalue weighted by atomic mass is 10.2. The van der Waals surface area contributed by atoms with E-state index >= 15 is 0 Å². The molecular weight excluding hydrogens is 457 g/mol. The first-order valence-corrected chi connectivity index (χ1v) is 11.2. The number of anilines is 1. The van der Waals surface area contributed by atoms with Crippen molar-refractivity contribution < 1.29 is 27.2 Å². The number of thioether (sulfide) groups is 1. The van der Waals surface area contributed by atoms with Crippen LogP contribution in [0.5, 0.6) is 0 Å². The van der Waals surface area contributed by atoms with Crippen LogP contribution in [-0.4, -0.2) is 46.0 Å². The number of rotatable bonds is 8. The third kappa shape index (κ3) is 5.36. The molecule has 174 valence electrons. The molecule has 1 N–H and O–H groups in total. The van der Waals surface area contributed by atoms with Gasteiger partial charge in [-0.15, -0.1) is 11.8 Å². The SMILES string of the molecule is CCCN(CC(=O)Nc1ccc(F)c(F)c1F)C(=O)c1c(C)nc(-c2ccco2)nc1SC. The molecule has 0 atom stereocenters. The molecule has 3 rings (SSSR count). The molecule has 1 aromatic carbocycles. The Balaban J connectivity index is 1.85. The minimum Gasteiger partial charge on any atom is -0.461 e. The average Bonchev–Trinajstić information content (AvgIpc) is 3.33. The van der Waals surface area contributed by atoms with Gasteiger partial charge in [0.15, 0.2) is 29.0 Å². The van der Waals surface area contributed by atoms with Crippen LogP contribution in [0, 0.1) is 24.4 Å². The molecule has 0 spiro atoms. The van der Waals surface area contributed by atoms with Gasteiger partial charge >= 0.3 is 0 Å². The number of carbonyl (C=O) groups excluding carboxylic acids is 2. The van der Waals surface area contributed by atoms with Crippen LogP contribution in [0.15, 0.2) is 40.0 Å². The zero-order chi connectivity index (χ0) is 24.1. The van der Waals surface area contributed by atoms with Crippen LogP contribution in [-0.2, 0) is 4.79 Å². The van der Waals surface area contributed by atoms with Crippen molar-refractivity contribution in [3.8, 4) is 11.6 Å². The van der Waals surface area contributed by atoms with Crippen molar-refractivity contribution in [2.45, 2.75) is 25.3 Å². The fraction of sp³-hybridized carbons (Fsp3) is 0.273. The summed E-state index contributed by atoms with van der Waals surface area (Å²) in [5.74, 6) is -5.05. The molecule has 0 aliphatic carbocycles. The van der Waals surface area contributed by atoms with E-state index in [1.54, 1.807) is 25.3 Å². The Bertz CT molecular complexity index is 1170. The number of benzene rings is 1. The van der Waals surface area contributed by atoms with E-state index in [1.807, 2.05) is 6.92 Å². The van der Waals surface area contributed by atoms with Crippen LogP contribution in [0.3, 0.4) is 0 Å². The van der Waals surface area contributed by atoms with Crippen LogP contribution in [0.25, 0.3) is 11.6 Å². The van der Waals surface area contributed by atoms with E-state index in [0.29, 0.717) is 34.8 Å². The lowest BCUT2D eigenvalue weighted by Gasteiger charge is -2.23. The molecule has 33 heavy (non-hydrogen) atoms. The van der Waals surface area contributed by atoms with Crippen molar-refractivity contribution in [3.05, 3.63) is 59.2 Å². The largest absolute Gasteiger partial charge is 0.461 e. The van der Waals surface area contributed by atoms with E-state index in [4.69, 9.17) is 4.42 Å². The molecule has 0 unspecified atom stereocenters. The number of hydrogen-bond donors (Lipinski definition) is 1. The highest BCUT2D eigenvalue weighted by Gasteiger charge is 2.26. The molecular formula is C22H21F3N4O3S. The number of aromatic nitrogens is 2. The predicted octanol–water partition coefficient (Wildman–Crippen LogP) is 4.68. The third-order valence-electron chi connectivity index (χ3n) is 4.63. The topological polar surface area (TPSA) is 88.3 Å². The molecule has 0 bridgehead atoms. The van der Waals surface area contributed by atoms with E-state index in [1.165, 1.54) is 22.9 Å². The van der Waals surface area contributed by atoms with Gasteiger partial charge in [0.1, 0.15) is 11.6 Å². The predicted molar refractivity (Wildman–Crippen MR) is 117 cm³/mol. The number of nitrogens with zero attached hydrogens (tertiary/aromatic N) is 3. The molecule has 2 amide bonds. The Morgan fingerprint density at radius 1 is 1.15 bits per heavy atom. The molecule has 2 aromatic heterocycles. The number of aryl methyl sites for hydroxylation is 1. The maximum atomic E-state index is 13.9. The second kappa shape index (κ2) is 10.5. The van der Waals surface area contributed by atoms with Gasteiger partial charge in [-0.1, -0.05) is 6.92 Å².